The van der Waals surface area contributed by atoms with Crippen LogP contribution in [0.4, 0.5) is 17.6 Å². The minimum absolute atomic E-state index is 0.156. The Morgan fingerprint density at radius 3 is 2.60 bits per heavy atom. The molecule has 0 amide bonds. The Balaban J connectivity index is 2.23. The van der Waals surface area contributed by atoms with Crippen molar-refractivity contribution in [3.63, 3.8) is 0 Å². The number of likely N-dealkylation sites (tertiary alicyclic amines) is 1. The molecule has 1 saturated heterocycles. The summed E-state index contributed by atoms with van der Waals surface area (Å²) >= 11 is 5.77. The fourth-order valence-electron chi connectivity index (χ4n) is 3.93. The van der Waals surface area contributed by atoms with Gasteiger partial charge in [0.05, 0.1) is 23.7 Å². The molecule has 0 aliphatic carbocycles. The van der Waals surface area contributed by atoms with Crippen molar-refractivity contribution in [2.24, 2.45) is 0 Å². The van der Waals surface area contributed by atoms with Gasteiger partial charge in [-0.25, -0.2) is 4.39 Å². The number of piperidine rings is 1. The van der Waals surface area contributed by atoms with Crippen LogP contribution in [0.25, 0.3) is 0 Å². The van der Waals surface area contributed by atoms with Crippen LogP contribution in [0.5, 0.6) is 5.75 Å². The third-order valence-corrected chi connectivity index (χ3v) is 5.59. The van der Waals surface area contributed by atoms with E-state index in [0.29, 0.717) is 25.8 Å². The van der Waals surface area contributed by atoms with Crippen LogP contribution < -0.4 is 4.74 Å². The van der Waals surface area contributed by atoms with Crippen LogP contribution in [0.3, 0.4) is 0 Å². The van der Waals surface area contributed by atoms with E-state index in [0.717, 1.165) is 12.1 Å². The first-order chi connectivity index (χ1) is 14.1. The number of carboxylic acid groups (broad SMARTS) is 1. The van der Waals surface area contributed by atoms with Crippen molar-refractivity contribution in [3.8, 4) is 5.75 Å². The third kappa shape index (κ3) is 4.54. The van der Waals surface area contributed by atoms with E-state index >= 15 is 0 Å². The normalized spacial score (nSPS) is 18.8. The quantitative estimate of drug-likeness (QED) is 0.614. The van der Waals surface area contributed by atoms with Gasteiger partial charge in [0.1, 0.15) is 17.6 Å². The molecule has 9 heteroatoms. The predicted octanol–water partition coefficient (Wildman–Crippen LogP) is 5.54. The fraction of sp³-hybridized carbons (Fsp3) is 0.381. The number of aliphatic carboxylic acids is 1. The Labute approximate surface area is 176 Å². The van der Waals surface area contributed by atoms with Crippen LogP contribution in [0, 0.1) is 5.82 Å². The van der Waals surface area contributed by atoms with Crippen LogP contribution in [0.2, 0.25) is 5.02 Å². The zero-order chi connectivity index (χ0) is 22.1. The molecule has 1 aliphatic rings. The summed E-state index contributed by atoms with van der Waals surface area (Å²) in [6.07, 6.45) is -3.02. The monoisotopic (exact) mass is 445 g/mol. The summed E-state index contributed by atoms with van der Waals surface area (Å²) in [6.45, 7) is 0.325. The van der Waals surface area contributed by atoms with E-state index in [1.165, 1.54) is 31.4 Å². The Hall–Kier alpha value is -2.32. The lowest BCUT2D eigenvalue weighted by Crippen LogP contribution is -2.47. The molecule has 0 spiro atoms. The van der Waals surface area contributed by atoms with Crippen LogP contribution in [-0.4, -0.2) is 35.7 Å². The summed E-state index contributed by atoms with van der Waals surface area (Å²) in [4.78, 5) is 13.5. The summed E-state index contributed by atoms with van der Waals surface area (Å²) in [7, 11) is 1.36. The molecule has 30 heavy (non-hydrogen) atoms. The number of methoxy groups -OCH3 is 1. The summed E-state index contributed by atoms with van der Waals surface area (Å²) in [6, 6.07) is 5.24. The van der Waals surface area contributed by atoms with Gasteiger partial charge in [-0.2, -0.15) is 13.2 Å². The maximum atomic E-state index is 14.1. The first-order valence-corrected chi connectivity index (χ1v) is 9.70. The van der Waals surface area contributed by atoms with Crippen molar-refractivity contribution in [2.45, 2.75) is 37.5 Å². The maximum absolute atomic E-state index is 14.1. The van der Waals surface area contributed by atoms with Crippen LogP contribution in [0.15, 0.2) is 36.4 Å². The average Bonchev–Trinajstić information content (AvgIpc) is 2.69. The van der Waals surface area contributed by atoms with Gasteiger partial charge in [-0.3, -0.25) is 9.69 Å². The van der Waals surface area contributed by atoms with Crippen molar-refractivity contribution >= 4 is 17.6 Å². The highest BCUT2D eigenvalue weighted by Crippen LogP contribution is 2.42. The molecule has 2 aromatic rings. The Morgan fingerprint density at radius 1 is 1.23 bits per heavy atom. The fourth-order valence-corrected chi connectivity index (χ4v) is 4.15. The second kappa shape index (κ2) is 8.81. The molecule has 2 atom stereocenters. The van der Waals surface area contributed by atoms with E-state index in [1.807, 2.05) is 0 Å². The summed E-state index contributed by atoms with van der Waals surface area (Å²) in [5, 5.41) is 9.24. The lowest BCUT2D eigenvalue weighted by molar-refractivity contribution is -0.145. The Kier molecular flexibility index (Phi) is 6.57. The second-order valence-corrected chi connectivity index (χ2v) is 7.52. The highest BCUT2D eigenvalue weighted by molar-refractivity contribution is 6.31. The van der Waals surface area contributed by atoms with E-state index in [9.17, 15) is 27.5 Å². The molecule has 0 radical (unpaired) electrons. The number of benzene rings is 2. The van der Waals surface area contributed by atoms with Crippen LogP contribution >= 0.6 is 11.6 Å². The Morgan fingerprint density at radius 2 is 1.97 bits per heavy atom. The molecule has 1 aliphatic heterocycles. The van der Waals surface area contributed by atoms with E-state index < -0.39 is 40.6 Å². The highest BCUT2D eigenvalue weighted by atomic mass is 35.5. The molecular formula is C21H20ClF4NO3. The SMILES string of the molecule is COc1ccc(F)cc1C(c1ccc(Cl)c(C(F)(F)F)c1)N1CCCCC1C(=O)O. The topological polar surface area (TPSA) is 49.8 Å². The predicted molar refractivity (Wildman–Crippen MR) is 103 cm³/mol. The van der Waals surface area contributed by atoms with Gasteiger partial charge in [0.2, 0.25) is 0 Å². The van der Waals surface area contributed by atoms with Crippen molar-refractivity contribution in [2.75, 3.05) is 13.7 Å². The molecule has 4 nitrogen and oxygen atoms in total. The lowest BCUT2D eigenvalue weighted by atomic mass is 9.90. The number of alkyl halides is 3. The largest absolute Gasteiger partial charge is 0.496 e. The molecule has 1 fully saturated rings. The number of carboxylic acids is 1. The van der Waals surface area contributed by atoms with Gasteiger partial charge in [-0.1, -0.05) is 24.1 Å². The zero-order valence-electron chi connectivity index (χ0n) is 16.0. The van der Waals surface area contributed by atoms with Crippen molar-refractivity contribution in [1.29, 1.82) is 0 Å². The molecular weight excluding hydrogens is 426 g/mol. The number of hydrogen-bond acceptors (Lipinski definition) is 3. The lowest BCUT2D eigenvalue weighted by Gasteiger charge is -2.40. The number of ether oxygens (including phenoxy) is 1. The molecule has 0 saturated carbocycles. The third-order valence-electron chi connectivity index (χ3n) is 5.26. The Bertz CT molecular complexity index is 935. The molecule has 0 aromatic heterocycles. The molecule has 0 bridgehead atoms. The van der Waals surface area contributed by atoms with Gasteiger partial charge in [-0.15, -0.1) is 0 Å². The average molecular weight is 446 g/mol. The number of rotatable bonds is 5. The number of halogens is 5. The van der Waals surface area contributed by atoms with Gasteiger partial charge in [0, 0.05) is 5.56 Å². The van der Waals surface area contributed by atoms with Gasteiger partial charge >= 0.3 is 12.1 Å². The summed E-state index contributed by atoms with van der Waals surface area (Å²) in [5.41, 5.74) is -0.629. The van der Waals surface area contributed by atoms with E-state index in [1.54, 1.807) is 4.90 Å². The van der Waals surface area contributed by atoms with E-state index in [2.05, 4.69) is 0 Å². The standard InChI is InChI=1S/C21H20ClF4NO3/c1-30-18-8-6-13(23)11-14(18)19(27-9-3-2-4-17(27)20(28)29)12-5-7-16(22)15(10-12)21(24,25)26/h5-8,10-11,17,19H,2-4,9H2,1H3,(H,28,29). The smallest absolute Gasteiger partial charge is 0.417 e. The number of carbonyl (C=O) groups is 1. The molecule has 1 heterocycles. The zero-order valence-corrected chi connectivity index (χ0v) is 16.8. The highest BCUT2D eigenvalue weighted by Gasteiger charge is 2.39. The van der Waals surface area contributed by atoms with Crippen molar-refractivity contribution in [3.05, 3.63) is 63.9 Å². The first-order valence-electron chi connectivity index (χ1n) is 9.32. The molecule has 3 rings (SSSR count). The van der Waals surface area contributed by atoms with Crippen LogP contribution in [0.1, 0.15) is 42.0 Å². The first kappa shape index (κ1) is 22.4. The molecule has 2 aromatic carbocycles. The van der Waals surface area contributed by atoms with E-state index in [-0.39, 0.29) is 16.9 Å². The molecule has 2 unspecified atom stereocenters. The molecule has 162 valence electrons. The van der Waals surface area contributed by atoms with E-state index in [4.69, 9.17) is 16.3 Å². The maximum Gasteiger partial charge on any atom is 0.417 e. The van der Waals surface area contributed by atoms with Crippen molar-refractivity contribution < 1.29 is 32.2 Å². The number of hydrogen-bond donors (Lipinski definition) is 1. The van der Waals surface area contributed by atoms with Gasteiger partial charge in [0.25, 0.3) is 0 Å². The summed E-state index contributed by atoms with van der Waals surface area (Å²) in [5.74, 6) is -1.44. The summed E-state index contributed by atoms with van der Waals surface area (Å²) < 4.78 is 59.9. The minimum atomic E-state index is -4.70. The van der Waals surface area contributed by atoms with Gasteiger partial charge in [0.15, 0.2) is 0 Å². The van der Waals surface area contributed by atoms with Gasteiger partial charge in [-0.05, 0) is 55.3 Å². The molecule has 1 N–H and O–H groups in total. The van der Waals surface area contributed by atoms with Crippen molar-refractivity contribution in [1.82, 2.24) is 4.90 Å². The second-order valence-electron chi connectivity index (χ2n) is 7.11. The minimum Gasteiger partial charge on any atom is -0.496 e. The number of nitrogens with zero attached hydrogens (tertiary/aromatic N) is 1. The van der Waals surface area contributed by atoms with Gasteiger partial charge < -0.3 is 9.84 Å². The van der Waals surface area contributed by atoms with Crippen LogP contribution in [-0.2, 0) is 11.0 Å².